The summed E-state index contributed by atoms with van der Waals surface area (Å²) in [6.07, 6.45) is 0.433. The van der Waals surface area contributed by atoms with Gasteiger partial charge in [0.25, 0.3) is 0 Å². The molecule has 8 heteroatoms. The van der Waals surface area contributed by atoms with Gasteiger partial charge in [0, 0.05) is 6.54 Å². The molecule has 1 fully saturated rings. The number of hydrogen-bond acceptors (Lipinski definition) is 4. The SMILES string of the molecule is O=[N+]([O-])c1cnn([C@@H]2CCNC[C@H]2F)c1Cl. The van der Waals surface area contributed by atoms with Crippen molar-refractivity contribution in [3.8, 4) is 0 Å². The lowest BCUT2D eigenvalue weighted by Crippen LogP contribution is -2.39. The molecule has 1 saturated heterocycles. The quantitative estimate of drug-likeness (QED) is 0.633. The van der Waals surface area contributed by atoms with E-state index in [0.717, 1.165) is 6.20 Å². The Morgan fingerprint density at radius 3 is 3.06 bits per heavy atom. The zero-order valence-electron chi connectivity index (χ0n) is 8.27. The van der Waals surface area contributed by atoms with Crippen LogP contribution in [0.3, 0.4) is 0 Å². The molecule has 88 valence electrons. The van der Waals surface area contributed by atoms with Crippen molar-refractivity contribution in [2.75, 3.05) is 13.1 Å². The van der Waals surface area contributed by atoms with Crippen LogP contribution in [0.25, 0.3) is 0 Å². The topological polar surface area (TPSA) is 73.0 Å². The Labute approximate surface area is 95.5 Å². The molecule has 0 bridgehead atoms. The molecular formula is C8H10ClFN4O2. The lowest BCUT2D eigenvalue weighted by atomic mass is 10.1. The van der Waals surface area contributed by atoms with Crippen LogP contribution in [0, 0.1) is 10.1 Å². The van der Waals surface area contributed by atoms with Gasteiger partial charge >= 0.3 is 5.69 Å². The van der Waals surface area contributed by atoms with Crippen molar-refractivity contribution in [1.29, 1.82) is 0 Å². The van der Waals surface area contributed by atoms with E-state index in [1.165, 1.54) is 4.68 Å². The molecule has 1 aliphatic heterocycles. The molecule has 2 heterocycles. The van der Waals surface area contributed by atoms with Crippen molar-refractivity contribution in [3.63, 3.8) is 0 Å². The van der Waals surface area contributed by atoms with Crippen molar-refractivity contribution in [3.05, 3.63) is 21.5 Å². The molecule has 1 aromatic rings. The highest BCUT2D eigenvalue weighted by Gasteiger charge is 2.31. The Morgan fingerprint density at radius 1 is 1.75 bits per heavy atom. The number of nitrogens with zero attached hydrogens (tertiary/aromatic N) is 3. The van der Waals surface area contributed by atoms with Gasteiger partial charge in [0.05, 0.1) is 11.0 Å². The first kappa shape index (κ1) is 11.3. The van der Waals surface area contributed by atoms with Gasteiger partial charge in [-0.25, -0.2) is 9.07 Å². The van der Waals surface area contributed by atoms with Gasteiger partial charge in [-0.3, -0.25) is 10.1 Å². The van der Waals surface area contributed by atoms with Gasteiger partial charge in [-0.2, -0.15) is 5.10 Å². The van der Waals surface area contributed by atoms with Crippen molar-refractivity contribution < 1.29 is 9.31 Å². The molecule has 6 nitrogen and oxygen atoms in total. The summed E-state index contributed by atoms with van der Waals surface area (Å²) in [6, 6.07) is -0.526. The zero-order chi connectivity index (χ0) is 11.7. The summed E-state index contributed by atoms with van der Waals surface area (Å²) in [6.45, 7) is 0.865. The lowest BCUT2D eigenvalue weighted by Gasteiger charge is -2.26. The summed E-state index contributed by atoms with van der Waals surface area (Å²) in [5.41, 5.74) is -0.285. The van der Waals surface area contributed by atoms with Crippen LogP contribution in [0.5, 0.6) is 0 Å². The van der Waals surface area contributed by atoms with Crippen LogP contribution in [0.1, 0.15) is 12.5 Å². The lowest BCUT2D eigenvalue weighted by molar-refractivity contribution is -0.384. The second kappa shape index (κ2) is 4.34. The minimum Gasteiger partial charge on any atom is -0.314 e. The first-order chi connectivity index (χ1) is 7.61. The Bertz CT molecular complexity index is 411. The molecule has 0 unspecified atom stereocenters. The maximum absolute atomic E-state index is 13.6. The molecule has 0 aromatic carbocycles. The molecule has 0 spiro atoms. The van der Waals surface area contributed by atoms with E-state index in [2.05, 4.69) is 10.4 Å². The van der Waals surface area contributed by atoms with Crippen LogP contribution in [0.2, 0.25) is 5.15 Å². The van der Waals surface area contributed by atoms with Gasteiger partial charge in [0.1, 0.15) is 12.4 Å². The fraction of sp³-hybridized carbons (Fsp3) is 0.625. The molecule has 2 rings (SSSR count). The summed E-state index contributed by atoms with van der Waals surface area (Å²) in [5, 5.41) is 17.1. The predicted molar refractivity (Wildman–Crippen MR) is 55.3 cm³/mol. The molecule has 1 N–H and O–H groups in total. The van der Waals surface area contributed by atoms with Crippen molar-refractivity contribution in [2.24, 2.45) is 0 Å². The number of piperidine rings is 1. The van der Waals surface area contributed by atoms with Gasteiger partial charge in [-0.1, -0.05) is 11.6 Å². The van der Waals surface area contributed by atoms with Crippen LogP contribution in [-0.2, 0) is 0 Å². The zero-order valence-corrected chi connectivity index (χ0v) is 9.02. The first-order valence-corrected chi connectivity index (χ1v) is 5.21. The van der Waals surface area contributed by atoms with E-state index >= 15 is 0 Å². The molecular weight excluding hydrogens is 239 g/mol. The molecule has 0 aliphatic carbocycles. The minimum atomic E-state index is -1.13. The van der Waals surface area contributed by atoms with E-state index in [9.17, 15) is 14.5 Å². The standard InChI is InChI=1S/C8H10ClFN4O2/c9-8-7(14(15)16)4-12-13(8)6-1-2-11-3-5(6)10/h4-6,11H,1-3H2/t5-,6-/m1/s1. The fourth-order valence-electron chi connectivity index (χ4n) is 1.77. The highest BCUT2D eigenvalue weighted by molar-refractivity contribution is 6.31. The maximum Gasteiger partial charge on any atom is 0.325 e. The smallest absolute Gasteiger partial charge is 0.314 e. The summed E-state index contributed by atoms with van der Waals surface area (Å²) in [5.74, 6) is 0. The number of halogens is 2. The number of rotatable bonds is 2. The largest absolute Gasteiger partial charge is 0.325 e. The average Bonchev–Trinajstić information content (AvgIpc) is 2.61. The predicted octanol–water partition coefficient (Wildman–Crippen LogP) is 1.32. The number of nitro groups is 1. The Balaban J connectivity index is 2.29. The molecule has 1 aromatic heterocycles. The van der Waals surface area contributed by atoms with Gasteiger partial charge in [0.15, 0.2) is 0 Å². The van der Waals surface area contributed by atoms with Gasteiger partial charge in [-0.05, 0) is 13.0 Å². The number of hydrogen-bond donors (Lipinski definition) is 1. The van der Waals surface area contributed by atoms with E-state index in [0.29, 0.717) is 13.0 Å². The molecule has 0 saturated carbocycles. The van der Waals surface area contributed by atoms with Gasteiger partial charge in [0.2, 0.25) is 5.15 Å². The normalized spacial score (nSPS) is 25.6. The third-order valence-electron chi connectivity index (χ3n) is 2.60. The van der Waals surface area contributed by atoms with Crippen molar-refractivity contribution in [2.45, 2.75) is 18.6 Å². The average molecular weight is 249 g/mol. The van der Waals surface area contributed by atoms with Gasteiger partial charge in [-0.15, -0.1) is 0 Å². The number of aromatic nitrogens is 2. The second-order valence-electron chi connectivity index (χ2n) is 3.60. The fourth-order valence-corrected chi connectivity index (χ4v) is 2.06. The number of nitrogens with one attached hydrogen (secondary N) is 1. The third-order valence-corrected chi connectivity index (χ3v) is 2.97. The Kier molecular flexibility index (Phi) is 3.06. The van der Waals surface area contributed by atoms with Crippen LogP contribution in [0.15, 0.2) is 6.20 Å². The van der Waals surface area contributed by atoms with E-state index in [1.807, 2.05) is 0 Å². The third kappa shape index (κ3) is 1.88. The maximum atomic E-state index is 13.6. The van der Waals surface area contributed by atoms with Crippen LogP contribution < -0.4 is 5.32 Å². The van der Waals surface area contributed by atoms with E-state index in [1.54, 1.807) is 0 Å². The molecule has 2 atom stereocenters. The van der Waals surface area contributed by atoms with E-state index in [4.69, 9.17) is 11.6 Å². The van der Waals surface area contributed by atoms with Gasteiger partial charge < -0.3 is 5.32 Å². The van der Waals surface area contributed by atoms with E-state index < -0.39 is 17.1 Å². The van der Waals surface area contributed by atoms with Crippen LogP contribution in [-0.4, -0.2) is 34.0 Å². The summed E-state index contributed by atoms with van der Waals surface area (Å²) in [7, 11) is 0. The second-order valence-corrected chi connectivity index (χ2v) is 3.96. The van der Waals surface area contributed by atoms with Crippen LogP contribution >= 0.6 is 11.6 Å². The highest BCUT2D eigenvalue weighted by atomic mass is 35.5. The monoisotopic (exact) mass is 248 g/mol. The molecule has 1 aliphatic rings. The Morgan fingerprint density at radius 2 is 2.50 bits per heavy atom. The first-order valence-electron chi connectivity index (χ1n) is 4.83. The number of alkyl halides is 1. The summed E-state index contributed by atoms with van der Waals surface area (Å²) >= 11 is 5.79. The highest BCUT2D eigenvalue weighted by Crippen LogP contribution is 2.30. The van der Waals surface area contributed by atoms with Crippen LogP contribution in [0.4, 0.5) is 10.1 Å². The van der Waals surface area contributed by atoms with E-state index in [-0.39, 0.29) is 17.4 Å². The molecule has 16 heavy (non-hydrogen) atoms. The van der Waals surface area contributed by atoms with Crippen molar-refractivity contribution >= 4 is 17.3 Å². The van der Waals surface area contributed by atoms with Crippen molar-refractivity contribution in [1.82, 2.24) is 15.1 Å². The minimum absolute atomic E-state index is 0.112. The summed E-state index contributed by atoms with van der Waals surface area (Å²) in [4.78, 5) is 9.94. The molecule has 0 amide bonds. The molecule has 0 radical (unpaired) electrons. The Hall–Kier alpha value is -1.21. The summed E-state index contributed by atoms with van der Waals surface area (Å²) < 4.78 is 14.8.